The monoisotopic (exact) mass is 344 g/mol. The number of hydrogen-bond acceptors (Lipinski definition) is 8. The van der Waals surface area contributed by atoms with E-state index in [0.29, 0.717) is 19.1 Å². The molecule has 0 amide bonds. The predicted molar refractivity (Wildman–Crippen MR) is 78.2 cm³/mol. The van der Waals surface area contributed by atoms with Crippen LogP contribution >= 0.6 is 27.3 Å². The van der Waals surface area contributed by atoms with Gasteiger partial charge in [-0.05, 0) is 34.3 Å². The third kappa shape index (κ3) is 3.75. The third-order valence-corrected chi connectivity index (χ3v) is 4.04. The Kier molecular flexibility index (Phi) is 4.88. The molecule has 0 aliphatic heterocycles. The molecular formula is C10H13BrN6OS. The maximum Gasteiger partial charge on any atom is 0.323 e. The molecule has 0 unspecified atom stereocenters. The van der Waals surface area contributed by atoms with Crippen molar-refractivity contribution in [2.75, 3.05) is 17.3 Å². The van der Waals surface area contributed by atoms with Gasteiger partial charge in [-0.3, -0.25) is 5.43 Å². The van der Waals surface area contributed by atoms with E-state index in [-0.39, 0.29) is 12.0 Å². The first-order valence-corrected chi connectivity index (χ1v) is 7.21. The Morgan fingerprint density at radius 3 is 2.79 bits per heavy atom. The lowest BCUT2D eigenvalue weighted by atomic mass is 10.5. The highest BCUT2D eigenvalue weighted by atomic mass is 79.9. The van der Waals surface area contributed by atoms with Crippen molar-refractivity contribution in [1.29, 1.82) is 0 Å². The second-order valence-corrected chi connectivity index (χ2v) is 5.24. The normalized spacial score (nSPS) is 10.3. The molecule has 0 bridgehead atoms. The van der Waals surface area contributed by atoms with Gasteiger partial charge in [-0.2, -0.15) is 15.0 Å². The van der Waals surface area contributed by atoms with Crippen LogP contribution in [0.5, 0.6) is 6.01 Å². The summed E-state index contributed by atoms with van der Waals surface area (Å²) in [5.41, 5.74) is 2.38. The first-order valence-electron chi connectivity index (χ1n) is 5.54. The van der Waals surface area contributed by atoms with Gasteiger partial charge >= 0.3 is 6.01 Å². The summed E-state index contributed by atoms with van der Waals surface area (Å²) in [6, 6.07) is 2.23. The van der Waals surface area contributed by atoms with Gasteiger partial charge in [-0.15, -0.1) is 11.3 Å². The van der Waals surface area contributed by atoms with Crippen LogP contribution in [0.15, 0.2) is 15.9 Å². The minimum Gasteiger partial charge on any atom is -0.464 e. The van der Waals surface area contributed by atoms with E-state index < -0.39 is 0 Å². The van der Waals surface area contributed by atoms with Crippen LogP contribution in [0.4, 0.5) is 11.9 Å². The zero-order chi connectivity index (χ0) is 13.7. The summed E-state index contributed by atoms with van der Waals surface area (Å²) in [4.78, 5) is 13.4. The average Bonchev–Trinajstić information content (AvgIpc) is 2.82. The summed E-state index contributed by atoms with van der Waals surface area (Å²) in [7, 11) is 0. The second-order valence-electron chi connectivity index (χ2n) is 3.39. The third-order valence-electron chi connectivity index (χ3n) is 2.12. The van der Waals surface area contributed by atoms with Gasteiger partial charge in [0.05, 0.1) is 13.2 Å². The number of hydrazine groups is 1. The van der Waals surface area contributed by atoms with Crippen molar-refractivity contribution < 1.29 is 4.74 Å². The molecule has 2 aromatic rings. The maximum atomic E-state index is 5.31. The number of hydrogen-bond donors (Lipinski definition) is 3. The Morgan fingerprint density at radius 2 is 2.16 bits per heavy atom. The Balaban J connectivity index is 2.10. The number of halogens is 1. The smallest absolute Gasteiger partial charge is 0.323 e. The van der Waals surface area contributed by atoms with Crippen LogP contribution in [0, 0.1) is 0 Å². The van der Waals surface area contributed by atoms with Crippen LogP contribution in [-0.4, -0.2) is 21.6 Å². The average molecular weight is 345 g/mol. The molecule has 0 aliphatic rings. The number of thiophene rings is 1. The van der Waals surface area contributed by atoms with Gasteiger partial charge in [0, 0.05) is 9.35 Å². The Labute approximate surface area is 122 Å². The Hall–Kier alpha value is -1.45. The van der Waals surface area contributed by atoms with Crippen LogP contribution in [-0.2, 0) is 6.54 Å². The van der Waals surface area contributed by atoms with Crippen LogP contribution in [0.2, 0.25) is 0 Å². The largest absolute Gasteiger partial charge is 0.464 e. The van der Waals surface area contributed by atoms with Gasteiger partial charge in [0.1, 0.15) is 0 Å². The minimum absolute atomic E-state index is 0.234. The van der Waals surface area contributed by atoms with Crippen LogP contribution < -0.4 is 21.3 Å². The van der Waals surface area contributed by atoms with E-state index in [9.17, 15) is 0 Å². The van der Waals surface area contributed by atoms with Gasteiger partial charge < -0.3 is 10.1 Å². The molecule has 0 saturated carbocycles. The highest BCUT2D eigenvalue weighted by Gasteiger charge is 2.07. The molecule has 2 aromatic heterocycles. The molecule has 2 rings (SSSR count). The topological polar surface area (TPSA) is 98.0 Å². The van der Waals surface area contributed by atoms with Crippen molar-refractivity contribution in [2.45, 2.75) is 13.5 Å². The van der Waals surface area contributed by atoms with E-state index >= 15 is 0 Å². The summed E-state index contributed by atoms with van der Waals surface area (Å²) >= 11 is 5.11. The van der Waals surface area contributed by atoms with E-state index in [0.717, 1.165) is 9.35 Å². The molecule has 0 spiro atoms. The molecule has 19 heavy (non-hydrogen) atoms. The summed E-state index contributed by atoms with van der Waals surface area (Å²) in [6.07, 6.45) is 0. The van der Waals surface area contributed by atoms with E-state index in [1.807, 2.05) is 18.4 Å². The number of nitrogens with zero attached hydrogens (tertiary/aromatic N) is 3. The fourth-order valence-corrected chi connectivity index (χ4v) is 2.74. The molecule has 9 heteroatoms. The van der Waals surface area contributed by atoms with Gasteiger partial charge in [-0.1, -0.05) is 0 Å². The molecule has 4 N–H and O–H groups in total. The van der Waals surface area contributed by atoms with Gasteiger partial charge in [0.15, 0.2) is 0 Å². The molecule has 0 radical (unpaired) electrons. The van der Waals surface area contributed by atoms with E-state index in [2.05, 4.69) is 41.6 Å². The number of nitrogens with one attached hydrogen (secondary N) is 2. The first-order chi connectivity index (χ1) is 9.22. The van der Waals surface area contributed by atoms with Crippen LogP contribution in [0.25, 0.3) is 0 Å². The number of aromatic nitrogens is 3. The zero-order valence-corrected chi connectivity index (χ0v) is 12.6. The second kappa shape index (κ2) is 6.64. The first kappa shape index (κ1) is 14.0. The quantitative estimate of drug-likeness (QED) is 0.544. The van der Waals surface area contributed by atoms with E-state index in [4.69, 9.17) is 10.6 Å². The van der Waals surface area contributed by atoms with Crippen molar-refractivity contribution >= 4 is 39.2 Å². The molecule has 0 atom stereocenters. The van der Waals surface area contributed by atoms with E-state index in [1.165, 1.54) is 0 Å². The number of nitrogens with two attached hydrogens (primary N) is 1. The summed E-state index contributed by atoms with van der Waals surface area (Å²) in [6.45, 7) is 2.94. The molecule has 0 fully saturated rings. The Bertz CT molecular complexity index is 549. The number of ether oxygens (including phenoxy) is 1. The van der Waals surface area contributed by atoms with Crippen molar-refractivity contribution in [3.63, 3.8) is 0 Å². The SMILES string of the molecule is CCOc1nc(NN)nc(NCc2sccc2Br)n1. The highest BCUT2D eigenvalue weighted by Crippen LogP contribution is 2.23. The van der Waals surface area contributed by atoms with Crippen molar-refractivity contribution in [3.8, 4) is 6.01 Å². The lowest BCUT2D eigenvalue weighted by Gasteiger charge is -2.08. The van der Waals surface area contributed by atoms with Gasteiger partial charge in [0.25, 0.3) is 0 Å². The number of anilines is 2. The van der Waals surface area contributed by atoms with Crippen molar-refractivity contribution in [1.82, 2.24) is 15.0 Å². The fraction of sp³-hybridized carbons (Fsp3) is 0.300. The molecule has 0 aromatic carbocycles. The zero-order valence-electron chi connectivity index (χ0n) is 10.2. The predicted octanol–water partition coefficient (Wildman–Crippen LogP) is 1.99. The number of nitrogen functional groups attached to an aromatic ring is 1. The summed E-state index contributed by atoms with van der Waals surface area (Å²) in [5.74, 6) is 5.97. The van der Waals surface area contributed by atoms with E-state index in [1.54, 1.807) is 11.3 Å². The maximum absolute atomic E-state index is 5.31. The Morgan fingerprint density at radius 1 is 1.37 bits per heavy atom. The van der Waals surface area contributed by atoms with Gasteiger partial charge in [-0.25, -0.2) is 5.84 Å². The molecule has 7 nitrogen and oxygen atoms in total. The van der Waals surface area contributed by atoms with Gasteiger partial charge in [0.2, 0.25) is 11.9 Å². The fourth-order valence-electron chi connectivity index (χ4n) is 1.30. The lowest BCUT2D eigenvalue weighted by Crippen LogP contribution is -2.14. The summed E-state index contributed by atoms with van der Waals surface area (Å²) < 4.78 is 6.30. The molecule has 0 aliphatic carbocycles. The van der Waals surface area contributed by atoms with Crippen molar-refractivity contribution in [2.24, 2.45) is 5.84 Å². The standard InChI is InChI=1S/C10H13BrN6OS/c1-2-18-10-15-8(14-9(16-10)17-12)13-5-7-6(11)3-4-19-7/h3-4H,2,5,12H2,1H3,(H2,13,14,15,16,17). The molecule has 102 valence electrons. The number of rotatable bonds is 6. The van der Waals surface area contributed by atoms with Crippen molar-refractivity contribution in [3.05, 3.63) is 20.8 Å². The minimum atomic E-state index is 0.234. The molecular weight excluding hydrogens is 332 g/mol. The van der Waals surface area contributed by atoms with Crippen LogP contribution in [0.1, 0.15) is 11.8 Å². The molecule has 2 heterocycles. The molecule has 0 saturated heterocycles. The van der Waals surface area contributed by atoms with Crippen LogP contribution in [0.3, 0.4) is 0 Å². The highest BCUT2D eigenvalue weighted by molar-refractivity contribution is 9.10. The lowest BCUT2D eigenvalue weighted by molar-refractivity contribution is 0.312. The summed E-state index contributed by atoms with van der Waals surface area (Å²) in [5, 5.41) is 5.11.